The van der Waals surface area contributed by atoms with Crippen molar-refractivity contribution in [3.8, 4) is 72.9 Å². The Bertz CT molecular complexity index is 5360. The van der Waals surface area contributed by atoms with Gasteiger partial charge in [-0.1, -0.05) is 311 Å². The monoisotopic (exact) mass is 1480 g/mol. The Hall–Kier alpha value is -10.1. The summed E-state index contributed by atoms with van der Waals surface area (Å²) in [6.07, 6.45) is 0. The molecular formula is C91H78B2Br2NO7. The Kier molecular flexibility index (Phi) is 21.3. The van der Waals surface area contributed by atoms with Crippen LogP contribution in [0.25, 0.3) is 121 Å². The third-order valence-corrected chi connectivity index (χ3v) is 20.8. The van der Waals surface area contributed by atoms with Crippen LogP contribution < -0.4 is 15.9 Å². The number of nitrogens with two attached hydrogens (primary N) is 1. The van der Waals surface area contributed by atoms with Crippen molar-refractivity contribution in [2.45, 2.75) is 77.8 Å². The number of fused-ring (bicyclic) bond motifs is 5. The molecule has 3 heterocycles. The van der Waals surface area contributed by atoms with Crippen molar-refractivity contribution < 1.29 is 32.6 Å². The van der Waals surface area contributed by atoms with Gasteiger partial charge in [0.05, 0.1) is 28.1 Å². The lowest BCUT2D eigenvalue weighted by molar-refractivity contribution is -0.120. The molecule has 0 spiro atoms. The fourth-order valence-electron chi connectivity index (χ4n) is 13.1. The largest absolute Gasteiger partial charge is 0.494 e. The lowest BCUT2D eigenvalue weighted by Gasteiger charge is -2.32. The van der Waals surface area contributed by atoms with Gasteiger partial charge < -0.3 is 33.5 Å². The smallest absolute Gasteiger partial charge is 0.455 e. The standard InChI is InChI=1S/C32H29BO2.C26H17Br.C20H14O.C7H6BrNO2.C6H12BO2/c1-31(2)32(3,4)35-33(34-31)24-19-20-27-28(21-24)30(23-15-9-6-10-16-23)26-18-12-11-17-25(26)29(27)22-13-7-5-8-14-22;27-20-15-16-23-24(17-20)26(19-11-5-2-6-12-19)22-14-8-7-13-21(22)25(23)18-9-3-1-4-10-18;1-3-9-15(10-4-1)19-17-13-7-8-14-18(17)20(21-19)16-11-5-2-6-12-16;8-5-1-2-7(11-4-10)6(9)3-5;1-5(2)6(3,4)9-7-8-5/h5-21H,1-4H3;1-17H;1-14H;1-4H,9H2;1-4H3. The van der Waals surface area contributed by atoms with Crippen molar-refractivity contribution in [3.05, 3.63) is 318 Å². The van der Waals surface area contributed by atoms with E-state index in [1.807, 2.05) is 64.1 Å². The molecule has 103 heavy (non-hydrogen) atoms. The molecule has 14 aromatic carbocycles. The fraction of sp³-hybridized carbons (Fsp3) is 0.132. The first kappa shape index (κ1) is 71.3. The van der Waals surface area contributed by atoms with Crippen molar-refractivity contribution in [1.82, 2.24) is 0 Å². The van der Waals surface area contributed by atoms with Gasteiger partial charge in [0.15, 0.2) is 5.75 Å². The van der Waals surface area contributed by atoms with E-state index in [4.69, 9.17) is 28.8 Å². The summed E-state index contributed by atoms with van der Waals surface area (Å²) in [5, 5.41) is 12.4. The van der Waals surface area contributed by atoms with Gasteiger partial charge in [-0.05, 0) is 179 Å². The van der Waals surface area contributed by atoms with Crippen molar-refractivity contribution in [2.75, 3.05) is 5.73 Å². The Balaban J connectivity index is 0.000000124. The van der Waals surface area contributed by atoms with Gasteiger partial charge in [0, 0.05) is 30.8 Å². The summed E-state index contributed by atoms with van der Waals surface area (Å²) in [5.74, 6) is 2.25. The molecule has 2 N–H and O–H groups in total. The number of furan rings is 1. The predicted molar refractivity (Wildman–Crippen MR) is 436 cm³/mol. The number of halogens is 2. The molecule has 0 saturated carbocycles. The summed E-state index contributed by atoms with van der Waals surface area (Å²) in [6, 6.07) is 107. The number of nitrogen functional groups attached to an aromatic ring is 1. The number of carbonyl (C=O) groups is 1. The van der Waals surface area contributed by atoms with E-state index in [1.54, 1.807) is 18.2 Å². The molecule has 1 radical (unpaired) electrons. The highest BCUT2D eigenvalue weighted by Gasteiger charge is 2.52. The quantitative estimate of drug-likeness (QED) is 0.0660. The zero-order chi connectivity index (χ0) is 71.9. The van der Waals surface area contributed by atoms with Gasteiger partial charge in [-0.15, -0.1) is 0 Å². The van der Waals surface area contributed by atoms with E-state index in [0.29, 0.717) is 17.9 Å². The highest BCUT2D eigenvalue weighted by molar-refractivity contribution is 9.10. The van der Waals surface area contributed by atoms with Crippen LogP contribution in [0.4, 0.5) is 5.69 Å². The maximum absolute atomic E-state index is 9.92. The highest BCUT2D eigenvalue weighted by atomic mass is 79.9. The fourth-order valence-corrected chi connectivity index (χ4v) is 13.8. The third-order valence-electron chi connectivity index (χ3n) is 19.8. The Morgan fingerprint density at radius 2 is 0.641 bits per heavy atom. The molecular weight excluding hydrogens is 1400 g/mol. The van der Waals surface area contributed by atoms with Gasteiger partial charge in [0.1, 0.15) is 11.5 Å². The Morgan fingerprint density at radius 3 is 0.990 bits per heavy atom. The van der Waals surface area contributed by atoms with E-state index >= 15 is 0 Å². The van der Waals surface area contributed by atoms with E-state index in [9.17, 15) is 4.79 Å². The van der Waals surface area contributed by atoms with Crippen LogP contribution in [0.5, 0.6) is 5.75 Å². The van der Waals surface area contributed by atoms with Crippen molar-refractivity contribution >= 4 is 118 Å². The lowest BCUT2D eigenvalue weighted by Crippen LogP contribution is -2.41. The maximum Gasteiger partial charge on any atom is 0.494 e. The number of rotatable bonds is 9. The van der Waals surface area contributed by atoms with Crippen molar-refractivity contribution in [3.63, 3.8) is 0 Å². The summed E-state index contributed by atoms with van der Waals surface area (Å²) in [7, 11) is 1.01. The molecule has 17 rings (SSSR count). The zero-order valence-electron chi connectivity index (χ0n) is 58.9. The van der Waals surface area contributed by atoms with E-state index in [2.05, 4.69) is 319 Å². The van der Waals surface area contributed by atoms with Gasteiger partial charge in [-0.3, -0.25) is 4.79 Å². The lowest BCUT2D eigenvalue weighted by atomic mass is 9.76. The van der Waals surface area contributed by atoms with Crippen molar-refractivity contribution in [1.29, 1.82) is 0 Å². The Labute approximate surface area is 621 Å². The Morgan fingerprint density at radius 1 is 0.340 bits per heavy atom. The minimum Gasteiger partial charge on any atom is -0.455 e. The first-order chi connectivity index (χ1) is 49.8. The molecule has 0 aliphatic carbocycles. The van der Waals surface area contributed by atoms with Gasteiger partial charge in [0.25, 0.3) is 6.47 Å². The number of hydrogen-bond acceptors (Lipinski definition) is 8. The van der Waals surface area contributed by atoms with Crippen LogP contribution in [-0.2, 0) is 23.4 Å². The van der Waals surface area contributed by atoms with Gasteiger partial charge in [0.2, 0.25) is 0 Å². The van der Waals surface area contributed by atoms with Crippen molar-refractivity contribution in [2.24, 2.45) is 0 Å². The molecule has 0 bridgehead atoms. The molecule has 2 fully saturated rings. The molecule has 0 unspecified atom stereocenters. The van der Waals surface area contributed by atoms with Crippen LogP contribution in [0.1, 0.15) is 55.4 Å². The zero-order valence-corrected chi connectivity index (χ0v) is 62.0. The second kappa shape index (κ2) is 30.8. The van der Waals surface area contributed by atoms with Crippen LogP contribution in [0.3, 0.4) is 0 Å². The first-order valence-electron chi connectivity index (χ1n) is 34.5. The van der Waals surface area contributed by atoms with E-state index in [0.717, 1.165) is 47.8 Å². The number of benzene rings is 14. The highest BCUT2D eigenvalue weighted by Crippen LogP contribution is 2.47. The summed E-state index contributed by atoms with van der Waals surface area (Å²) < 4.78 is 36.0. The number of hydrogen-bond donors (Lipinski definition) is 1. The van der Waals surface area contributed by atoms with Crippen LogP contribution >= 0.6 is 31.9 Å². The molecule has 2 saturated heterocycles. The topological polar surface area (TPSA) is 102 Å². The average Bonchev–Trinajstić information content (AvgIpc) is 1.63. The second-order valence-electron chi connectivity index (χ2n) is 27.4. The van der Waals surface area contributed by atoms with Crippen LogP contribution in [0.2, 0.25) is 0 Å². The molecule has 1 aromatic heterocycles. The van der Waals surface area contributed by atoms with E-state index < -0.39 is 7.12 Å². The molecule has 509 valence electrons. The van der Waals surface area contributed by atoms with Gasteiger partial charge in [-0.25, -0.2) is 0 Å². The second-order valence-corrected chi connectivity index (χ2v) is 29.3. The minimum atomic E-state index is -0.403. The first-order valence-corrected chi connectivity index (χ1v) is 36.0. The van der Waals surface area contributed by atoms with E-state index in [1.165, 1.54) is 95.3 Å². The number of carbonyl (C=O) groups excluding carboxylic acids is 1. The van der Waals surface area contributed by atoms with Crippen LogP contribution in [-0.4, -0.2) is 43.7 Å². The molecule has 15 aromatic rings. The summed E-state index contributed by atoms with van der Waals surface area (Å²) in [6.45, 7) is 16.8. The van der Waals surface area contributed by atoms with Gasteiger partial charge >= 0.3 is 14.8 Å². The molecule has 12 heteroatoms. The van der Waals surface area contributed by atoms with Gasteiger partial charge in [-0.2, -0.15) is 0 Å². The normalized spacial score (nSPS) is 14.4. The maximum atomic E-state index is 9.92. The average molecular weight is 1480 g/mol. The molecule has 0 amide bonds. The van der Waals surface area contributed by atoms with E-state index in [-0.39, 0.29) is 22.4 Å². The van der Waals surface area contributed by atoms with Crippen LogP contribution in [0, 0.1) is 0 Å². The minimum absolute atomic E-state index is 0.187. The third kappa shape index (κ3) is 15.2. The summed E-state index contributed by atoms with van der Waals surface area (Å²) >= 11 is 6.91. The molecule has 2 aliphatic heterocycles. The predicted octanol–water partition coefficient (Wildman–Crippen LogP) is 24.2. The number of ether oxygens (including phenoxy) is 1. The number of anilines is 1. The summed E-state index contributed by atoms with van der Waals surface area (Å²) in [5.41, 5.74) is 18.1. The molecule has 8 nitrogen and oxygen atoms in total. The summed E-state index contributed by atoms with van der Waals surface area (Å²) in [4.78, 5) is 9.92. The molecule has 0 atom stereocenters. The van der Waals surface area contributed by atoms with Crippen LogP contribution in [0.15, 0.2) is 323 Å². The SMILES string of the molecule is Brc1ccc2c(-c3ccccc3)c3ccccc3c(-c3ccccc3)c2c1.CC1(C)OB(c2ccc3c(-c4ccccc4)c4ccccc4c(-c4ccccc4)c3c2)OC1(C)C.CC1(C)O[B]OC1(C)C.Nc1cc(Br)ccc1OC=O.c1ccc(-c2oc(-c3ccccc3)c3ccccc23)cc1. The molecule has 2 aliphatic rings.